The number of aromatic amines is 1. The summed E-state index contributed by atoms with van der Waals surface area (Å²) >= 11 is 0. The van der Waals surface area contributed by atoms with Crippen molar-refractivity contribution in [1.29, 1.82) is 0 Å². The summed E-state index contributed by atoms with van der Waals surface area (Å²) in [5.74, 6) is 2.72. The number of rotatable bonds is 12. The van der Waals surface area contributed by atoms with E-state index in [0.29, 0.717) is 35.9 Å². The molecule has 0 aliphatic rings. The van der Waals surface area contributed by atoms with Crippen LogP contribution in [0.1, 0.15) is 47.3 Å². The fourth-order valence-corrected chi connectivity index (χ4v) is 3.33. The molecule has 8 nitrogen and oxygen atoms in total. The van der Waals surface area contributed by atoms with E-state index in [1.165, 1.54) is 6.92 Å². The second-order valence-corrected chi connectivity index (χ2v) is 7.83. The van der Waals surface area contributed by atoms with Crippen LogP contribution in [0.5, 0.6) is 17.2 Å². The van der Waals surface area contributed by atoms with Gasteiger partial charge in [-0.15, -0.1) is 12.4 Å². The SMILES string of the molecule is COc1ccc([C@H](C)NC[C@H](O)COc2ccc(Cc3ncc(C(C)=O)[nH]3)cc2)cc1OC.Cl. The number of nitrogens with zero attached hydrogens (tertiary/aromatic N) is 1. The molecule has 0 aliphatic heterocycles. The van der Waals surface area contributed by atoms with E-state index in [-0.39, 0.29) is 30.8 Å². The fraction of sp³-hybridized carbons (Fsp3) is 0.360. The van der Waals surface area contributed by atoms with E-state index >= 15 is 0 Å². The summed E-state index contributed by atoms with van der Waals surface area (Å²) in [5, 5.41) is 13.6. The molecule has 0 amide bonds. The van der Waals surface area contributed by atoms with Gasteiger partial charge in [-0.3, -0.25) is 4.79 Å². The summed E-state index contributed by atoms with van der Waals surface area (Å²) in [6.45, 7) is 4.08. The number of hydrogen-bond acceptors (Lipinski definition) is 7. The number of aliphatic hydroxyl groups excluding tert-OH is 1. The minimum absolute atomic E-state index is 0. The zero-order valence-electron chi connectivity index (χ0n) is 19.8. The Hall–Kier alpha value is -3.07. The van der Waals surface area contributed by atoms with Crippen LogP contribution in [0.4, 0.5) is 0 Å². The minimum Gasteiger partial charge on any atom is -0.493 e. The molecule has 3 aromatic rings. The fourth-order valence-electron chi connectivity index (χ4n) is 3.33. The predicted molar refractivity (Wildman–Crippen MR) is 133 cm³/mol. The lowest BCUT2D eigenvalue weighted by molar-refractivity contribution is 0.101. The van der Waals surface area contributed by atoms with Crippen LogP contribution in [0.15, 0.2) is 48.7 Å². The Kier molecular flexibility index (Phi) is 10.4. The van der Waals surface area contributed by atoms with Crippen molar-refractivity contribution in [3.63, 3.8) is 0 Å². The molecule has 0 radical (unpaired) electrons. The molecule has 1 heterocycles. The zero-order chi connectivity index (χ0) is 23.8. The van der Waals surface area contributed by atoms with E-state index in [0.717, 1.165) is 17.0 Å². The maximum atomic E-state index is 11.4. The Labute approximate surface area is 206 Å². The lowest BCUT2D eigenvalue weighted by Gasteiger charge is -2.19. The molecule has 0 bridgehead atoms. The maximum Gasteiger partial charge on any atom is 0.177 e. The highest BCUT2D eigenvalue weighted by Gasteiger charge is 2.13. The topological polar surface area (TPSA) is 106 Å². The Morgan fingerprint density at radius 1 is 1.12 bits per heavy atom. The van der Waals surface area contributed by atoms with Crippen molar-refractivity contribution >= 4 is 18.2 Å². The highest BCUT2D eigenvalue weighted by molar-refractivity contribution is 5.91. The van der Waals surface area contributed by atoms with Gasteiger partial charge in [0.15, 0.2) is 17.3 Å². The summed E-state index contributed by atoms with van der Waals surface area (Å²) in [7, 11) is 3.21. The average molecular weight is 490 g/mol. The van der Waals surface area contributed by atoms with Crippen molar-refractivity contribution in [1.82, 2.24) is 15.3 Å². The number of carbonyl (C=O) groups is 1. The van der Waals surface area contributed by atoms with Crippen LogP contribution in [-0.2, 0) is 6.42 Å². The van der Waals surface area contributed by atoms with E-state index in [1.54, 1.807) is 20.4 Å². The van der Waals surface area contributed by atoms with Gasteiger partial charge in [-0.1, -0.05) is 18.2 Å². The summed E-state index contributed by atoms with van der Waals surface area (Å²) in [6.07, 6.45) is 1.48. The van der Waals surface area contributed by atoms with Gasteiger partial charge in [-0.2, -0.15) is 0 Å². The molecule has 0 unspecified atom stereocenters. The van der Waals surface area contributed by atoms with Crippen molar-refractivity contribution in [2.45, 2.75) is 32.4 Å². The van der Waals surface area contributed by atoms with Gasteiger partial charge in [0.1, 0.15) is 30.0 Å². The number of ether oxygens (including phenoxy) is 3. The minimum atomic E-state index is -0.666. The Balaban J connectivity index is 0.00000408. The van der Waals surface area contributed by atoms with Crippen molar-refractivity contribution in [3.05, 3.63) is 71.3 Å². The number of Topliss-reactive ketones (excluding diaryl/α,β-unsaturated/α-hetero) is 1. The molecule has 0 saturated carbocycles. The lowest BCUT2D eigenvalue weighted by atomic mass is 10.1. The molecule has 0 spiro atoms. The van der Waals surface area contributed by atoms with Gasteiger partial charge in [-0.25, -0.2) is 4.98 Å². The van der Waals surface area contributed by atoms with Crippen LogP contribution in [0.3, 0.4) is 0 Å². The van der Waals surface area contributed by atoms with Gasteiger partial charge < -0.3 is 29.6 Å². The first-order chi connectivity index (χ1) is 15.9. The summed E-state index contributed by atoms with van der Waals surface area (Å²) in [4.78, 5) is 18.6. The number of nitrogens with one attached hydrogen (secondary N) is 2. The maximum absolute atomic E-state index is 11.4. The first-order valence-electron chi connectivity index (χ1n) is 10.8. The average Bonchev–Trinajstić information content (AvgIpc) is 3.30. The normalized spacial score (nSPS) is 12.4. The highest BCUT2D eigenvalue weighted by atomic mass is 35.5. The first-order valence-corrected chi connectivity index (χ1v) is 10.8. The summed E-state index contributed by atoms with van der Waals surface area (Å²) < 4.78 is 16.3. The number of aromatic nitrogens is 2. The molecule has 9 heteroatoms. The molecule has 2 atom stereocenters. The van der Waals surface area contributed by atoms with Crippen LogP contribution >= 0.6 is 12.4 Å². The van der Waals surface area contributed by atoms with Crippen molar-refractivity contribution < 1.29 is 24.1 Å². The third-order valence-electron chi connectivity index (χ3n) is 5.31. The standard InChI is InChI=1S/C25H31N3O5.ClH/c1-16(19-7-10-23(31-3)24(12-19)32-4)26-13-20(30)15-33-21-8-5-18(6-9-21)11-25-27-14-22(28-25)17(2)29;/h5-10,12,14,16,20,26,30H,11,13,15H2,1-4H3,(H,27,28);1H/t16-,20-;/m0./s1. The third-order valence-corrected chi connectivity index (χ3v) is 5.31. The van der Waals surface area contributed by atoms with Gasteiger partial charge in [0.05, 0.1) is 20.4 Å². The predicted octanol–water partition coefficient (Wildman–Crippen LogP) is 3.73. The van der Waals surface area contributed by atoms with Gasteiger partial charge in [0.2, 0.25) is 0 Å². The number of H-pyrrole nitrogens is 1. The number of aliphatic hydroxyl groups is 1. The van der Waals surface area contributed by atoms with E-state index in [2.05, 4.69) is 15.3 Å². The Morgan fingerprint density at radius 3 is 2.44 bits per heavy atom. The van der Waals surface area contributed by atoms with Crippen LogP contribution in [-0.4, -0.2) is 54.3 Å². The van der Waals surface area contributed by atoms with Crippen molar-refractivity contribution in [2.24, 2.45) is 0 Å². The molecule has 0 aliphatic carbocycles. The quantitative estimate of drug-likeness (QED) is 0.333. The molecular weight excluding hydrogens is 458 g/mol. The Bertz CT molecular complexity index is 1050. The van der Waals surface area contributed by atoms with Crippen LogP contribution in [0.2, 0.25) is 0 Å². The van der Waals surface area contributed by atoms with Gasteiger partial charge in [0.25, 0.3) is 0 Å². The largest absolute Gasteiger partial charge is 0.493 e. The van der Waals surface area contributed by atoms with Crippen LogP contribution in [0, 0.1) is 0 Å². The first kappa shape index (κ1) is 27.2. The molecule has 0 fully saturated rings. The molecule has 3 rings (SSSR count). The molecule has 34 heavy (non-hydrogen) atoms. The van der Waals surface area contributed by atoms with Crippen LogP contribution < -0.4 is 19.5 Å². The number of hydrogen-bond donors (Lipinski definition) is 3. The smallest absolute Gasteiger partial charge is 0.177 e. The molecule has 2 aromatic carbocycles. The summed E-state index contributed by atoms with van der Waals surface area (Å²) in [6, 6.07) is 13.4. The monoisotopic (exact) mass is 489 g/mol. The van der Waals surface area contributed by atoms with Gasteiger partial charge in [0, 0.05) is 25.9 Å². The Morgan fingerprint density at radius 2 is 1.82 bits per heavy atom. The molecule has 3 N–H and O–H groups in total. The second kappa shape index (κ2) is 13.0. The number of methoxy groups -OCH3 is 2. The lowest BCUT2D eigenvalue weighted by Crippen LogP contribution is -2.33. The van der Waals surface area contributed by atoms with Crippen LogP contribution in [0.25, 0.3) is 0 Å². The number of carbonyl (C=O) groups excluding carboxylic acids is 1. The van der Waals surface area contributed by atoms with E-state index < -0.39 is 6.10 Å². The van der Waals surface area contributed by atoms with E-state index in [9.17, 15) is 9.90 Å². The zero-order valence-corrected chi connectivity index (χ0v) is 20.6. The molecule has 1 aromatic heterocycles. The highest BCUT2D eigenvalue weighted by Crippen LogP contribution is 2.29. The molecule has 184 valence electrons. The van der Waals surface area contributed by atoms with Gasteiger partial charge >= 0.3 is 0 Å². The number of benzene rings is 2. The van der Waals surface area contributed by atoms with Crippen molar-refractivity contribution in [2.75, 3.05) is 27.4 Å². The second-order valence-electron chi connectivity index (χ2n) is 7.83. The number of imidazole rings is 1. The third kappa shape index (κ3) is 7.48. The number of ketones is 1. The van der Waals surface area contributed by atoms with E-state index in [1.807, 2.05) is 49.4 Å². The molecular formula is C25H32ClN3O5. The molecule has 0 saturated heterocycles. The summed E-state index contributed by atoms with van der Waals surface area (Å²) in [5.41, 5.74) is 2.58. The van der Waals surface area contributed by atoms with Crippen molar-refractivity contribution in [3.8, 4) is 17.2 Å². The van der Waals surface area contributed by atoms with Gasteiger partial charge in [-0.05, 0) is 42.3 Å². The number of halogens is 1. The van der Waals surface area contributed by atoms with E-state index in [4.69, 9.17) is 14.2 Å².